The van der Waals surface area contributed by atoms with E-state index in [1.807, 2.05) is 0 Å². The second-order valence-corrected chi connectivity index (χ2v) is 6.60. The highest BCUT2D eigenvalue weighted by molar-refractivity contribution is 6.42. The van der Waals surface area contributed by atoms with E-state index >= 15 is 0 Å². The number of benzene rings is 3. The van der Waals surface area contributed by atoms with Crippen molar-refractivity contribution in [1.82, 2.24) is 0 Å². The van der Waals surface area contributed by atoms with E-state index in [0.29, 0.717) is 33.3 Å². The molecule has 0 atom stereocenters. The standard InChI is InChI=1S/C21H16Cl2N2O3/c1-28-19-9-5-4-8-18(19)25-21(27)14-6-2-3-7-17(14)24-20(26)13-10-11-15(22)16(23)12-13/h2-12H,1H3,(H,24,26)(H,25,27). The van der Waals surface area contributed by atoms with Crippen LogP contribution in [-0.2, 0) is 0 Å². The first-order valence-corrected chi connectivity index (χ1v) is 9.05. The molecule has 5 nitrogen and oxygen atoms in total. The SMILES string of the molecule is COc1ccccc1NC(=O)c1ccccc1NC(=O)c1ccc(Cl)c(Cl)c1. The molecule has 0 heterocycles. The van der Waals surface area contributed by atoms with Gasteiger partial charge in [0.15, 0.2) is 0 Å². The van der Waals surface area contributed by atoms with Gasteiger partial charge in [-0.25, -0.2) is 0 Å². The molecule has 0 saturated carbocycles. The summed E-state index contributed by atoms with van der Waals surface area (Å²) in [6, 6.07) is 18.3. The van der Waals surface area contributed by atoms with Crippen LogP contribution in [0.4, 0.5) is 11.4 Å². The quantitative estimate of drug-likeness (QED) is 0.578. The molecule has 0 aliphatic carbocycles. The number of para-hydroxylation sites is 3. The molecule has 0 fully saturated rings. The Morgan fingerprint density at radius 3 is 2.14 bits per heavy atom. The normalized spacial score (nSPS) is 10.2. The molecule has 28 heavy (non-hydrogen) atoms. The van der Waals surface area contributed by atoms with Gasteiger partial charge in [-0.05, 0) is 42.5 Å². The van der Waals surface area contributed by atoms with Crippen LogP contribution in [0, 0.1) is 0 Å². The van der Waals surface area contributed by atoms with Crippen molar-refractivity contribution >= 4 is 46.4 Å². The topological polar surface area (TPSA) is 67.4 Å². The summed E-state index contributed by atoms with van der Waals surface area (Å²) in [4.78, 5) is 25.3. The highest BCUT2D eigenvalue weighted by Gasteiger charge is 2.16. The van der Waals surface area contributed by atoms with Crippen molar-refractivity contribution in [2.75, 3.05) is 17.7 Å². The van der Waals surface area contributed by atoms with E-state index in [2.05, 4.69) is 10.6 Å². The van der Waals surface area contributed by atoms with Gasteiger partial charge in [-0.3, -0.25) is 9.59 Å². The van der Waals surface area contributed by atoms with Crippen molar-refractivity contribution in [3.63, 3.8) is 0 Å². The molecule has 3 aromatic carbocycles. The van der Waals surface area contributed by atoms with Gasteiger partial charge in [0.05, 0.1) is 34.1 Å². The molecule has 3 aromatic rings. The van der Waals surface area contributed by atoms with Crippen LogP contribution >= 0.6 is 23.2 Å². The third kappa shape index (κ3) is 4.44. The van der Waals surface area contributed by atoms with E-state index in [0.717, 1.165) is 0 Å². The second kappa shape index (κ2) is 8.78. The Balaban J connectivity index is 1.83. The molecule has 7 heteroatoms. The zero-order valence-corrected chi connectivity index (χ0v) is 16.3. The van der Waals surface area contributed by atoms with Gasteiger partial charge in [0.2, 0.25) is 0 Å². The Labute approximate surface area is 172 Å². The van der Waals surface area contributed by atoms with Gasteiger partial charge in [0.1, 0.15) is 5.75 Å². The second-order valence-electron chi connectivity index (χ2n) is 5.78. The summed E-state index contributed by atoms with van der Waals surface area (Å²) in [7, 11) is 1.52. The fraction of sp³-hybridized carbons (Fsp3) is 0.0476. The Bertz CT molecular complexity index is 1040. The summed E-state index contributed by atoms with van der Waals surface area (Å²) in [6.45, 7) is 0. The van der Waals surface area contributed by atoms with Gasteiger partial charge < -0.3 is 15.4 Å². The molecular weight excluding hydrogens is 399 g/mol. The first kappa shape index (κ1) is 19.7. The molecule has 2 amide bonds. The average molecular weight is 415 g/mol. The largest absolute Gasteiger partial charge is 0.495 e. The van der Waals surface area contributed by atoms with E-state index in [-0.39, 0.29) is 10.9 Å². The lowest BCUT2D eigenvalue weighted by molar-refractivity contribution is 0.102. The van der Waals surface area contributed by atoms with Gasteiger partial charge in [-0.2, -0.15) is 0 Å². The van der Waals surface area contributed by atoms with Crippen molar-refractivity contribution in [3.05, 3.63) is 87.9 Å². The highest BCUT2D eigenvalue weighted by Crippen LogP contribution is 2.26. The zero-order valence-electron chi connectivity index (χ0n) is 14.8. The van der Waals surface area contributed by atoms with Crippen LogP contribution in [0.3, 0.4) is 0 Å². The monoisotopic (exact) mass is 414 g/mol. The molecule has 0 aliphatic heterocycles. The number of nitrogens with one attached hydrogen (secondary N) is 2. The van der Waals surface area contributed by atoms with E-state index in [9.17, 15) is 9.59 Å². The van der Waals surface area contributed by atoms with Gasteiger partial charge >= 0.3 is 0 Å². The number of amides is 2. The maximum Gasteiger partial charge on any atom is 0.257 e. The number of ether oxygens (including phenoxy) is 1. The van der Waals surface area contributed by atoms with E-state index in [4.69, 9.17) is 27.9 Å². The van der Waals surface area contributed by atoms with Crippen molar-refractivity contribution < 1.29 is 14.3 Å². The Kier molecular flexibility index (Phi) is 6.19. The molecule has 0 aliphatic rings. The summed E-state index contributed by atoms with van der Waals surface area (Å²) >= 11 is 11.9. The Morgan fingerprint density at radius 2 is 1.43 bits per heavy atom. The summed E-state index contributed by atoms with van der Waals surface area (Å²) in [5.74, 6) is -0.251. The number of carbonyl (C=O) groups is 2. The fourth-order valence-corrected chi connectivity index (χ4v) is 2.86. The van der Waals surface area contributed by atoms with Crippen molar-refractivity contribution in [2.24, 2.45) is 0 Å². The minimum absolute atomic E-state index is 0.275. The van der Waals surface area contributed by atoms with Gasteiger partial charge in [-0.15, -0.1) is 0 Å². The number of anilines is 2. The Morgan fingerprint density at radius 1 is 0.786 bits per heavy atom. The molecule has 3 rings (SSSR count). The minimum atomic E-state index is -0.406. The number of halogens is 2. The summed E-state index contributed by atoms with van der Waals surface area (Å²) in [5.41, 5.74) is 1.53. The van der Waals surface area contributed by atoms with Crippen molar-refractivity contribution in [3.8, 4) is 5.75 Å². The van der Waals surface area contributed by atoms with Crippen LogP contribution in [-0.4, -0.2) is 18.9 Å². The summed E-state index contributed by atoms with van der Waals surface area (Å²) in [6.07, 6.45) is 0. The summed E-state index contributed by atoms with van der Waals surface area (Å²) < 4.78 is 5.25. The molecule has 2 N–H and O–H groups in total. The van der Waals surface area contributed by atoms with Crippen LogP contribution < -0.4 is 15.4 Å². The first-order chi connectivity index (χ1) is 13.5. The van der Waals surface area contributed by atoms with Crippen LogP contribution in [0.25, 0.3) is 0 Å². The third-order valence-corrected chi connectivity index (χ3v) is 4.70. The lowest BCUT2D eigenvalue weighted by atomic mass is 10.1. The number of rotatable bonds is 5. The smallest absolute Gasteiger partial charge is 0.257 e. The maximum absolute atomic E-state index is 12.8. The molecule has 0 radical (unpaired) electrons. The molecule has 0 unspecified atom stereocenters. The number of carbonyl (C=O) groups excluding carboxylic acids is 2. The van der Waals surface area contributed by atoms with Crippen LogP contribution in [0.2, 0.25) is 10.0 Å². The predicted molar refractivity (Wildman–Crippen MR) is 112 cm³/mol. The van der Waals surface area contributed by atoms with Gasteiger partial charge in [0.25, 0.3) is 11.8 Å². The van der Waals surface area contributed by atoms with E-state index < -0.39 is 5.91 Å². The van der Waals surface area contributed by atoms with Crippen LogP contribution in [0.15, 0.2) is 66.7 Å². The van der Waals surface area contributed by atoms with Gasteiger partial charge in [0, 0.05) is 5.56 Å². The molecule has 0 aromatic heterocycles. The van der Waals surface area contributed by atoms with Crippen molar-refractivity contribution in [1.29, 1.82) is 0 Å². The first-order valence-electron chi connectivity index (χ1n) is 8.29. The lowest BCUT2D eigenvalue weighted by Crippen LogP contribution is -2.18. The average Bonchev–Trinajstić information content (AvgIpc) is 2.70. The predicted octanol–water partition coefficient (Wildman–Crippen LogP) is 5.51. The molecule has 0 saturated heterocycles. The molecule has 142 valence electrons. The van der Waals surface area contributed by atoms with E-state index in [1.165, 1.54) is 13.2 Å². The zero-order chi connectivity index (χ0) is 20.1. The van der Waals surface area contributed by atoms with Crippen LogP contribution in [0.5, 0.6) is 5.75 Å². The number of hydrogen-bond donors (Lipinski definition) is 2. The molecule has 0 spiro atoms. The summed E-state index contributed by atoms with van der Waals surface area (Å²) in [5, 5.41) is 6.16. The minimum Gasteiger partial charge on any atom is -0.495 e. The fourth-order valence-electron chi connectivity index (χ4n) is 2.56. The third-order valence-electron chi connectivity index (χ3n) is 3.96. The van der Waals surface area contributed by atoms with Crippen molar-refractivity contribution in [2.45, 2.75) is 0 Å². The molecular formula is C21H16Cl2N2O3. The highest BCUT2D eigenvalue weighted by atomic mass is 35.5. The maximum atomic E-state index is 12.8. The number of methoxy groups -OCH3 is 1. The Hall–Kier alpha value is -3.02. The van der Waals surface area contributed by atoms with Crippen LogP contribution in [0.1, 0.15) is 20.7 Å². The van der Waals surface area contributed by atoms with Gasteiger partial charge in [-0.1, -0.05) is 47.5 Å². The van der Waals surface area contributed by atoms with E-state index in [1.54, 1.807) is 60.7 Å². The lowest BCUT2D eigenvalue weighted by Gasteiger charge is -2.13. The molecule has 0 bridgehead atoms. The number of hydrogen-bond acceptors (Lipinski definition) is 3.